The lowest BCUT2D eigenvalue weighted by Crippen LogP contribution is -2.36. The Kier molecular flexibility index (Phi) is 8.94. The molecular formula is C30H33NO6S. The minimum absolute atomic E-state index is 0.0314. The van der Waals surface area contributed by atoms with Crippen LogP contribution in [0.2, 0.25) is 0 Å². The molecule has 2 aromatic rings. The summed E-state index contributed by atoms with van der Waals surface area (Å²) in [6.07, 6.45) is 0.900. The van der Waals surface area contributed by atoms with E-state index in [0.717, 1.165) is 28.3 Å². The Morgan fingerprint density at radius 2 is 1.76 bits per heavy atom. The SMILES string of the molecule is CCSCCOC(=O)C1=C(C)NC2=C(C(=O)C[C@@H](c3ccccc3OC)C2)[C@H]1c1ccc(C(=O)OC)cc1. The van der Waals surface area contributed by atoms with E-state index in [-0.39, 0.29) is 18.3 Å². The molecule has 0 amide bonds. The summed E-state index contributed by atoms with van der Waals surface area (Å²) in [5.41, 5.74) is 4.57. The fourth-order valence-electron chi connectivity index (χ4n) is 5.21. The van der Waals surface area contributed by atoms with Crippen molar-refractivity contribution in [1.29, 1.82) is 0 Å². The van der Waals surface area contributed by atoms with E-state index in [1.165, 1.54) is 7.11 Å². The van der Waals surface area contributed by atoms with Gasteiger partial charge >= 0.3 is 11.9 Å². The Labute approximate surface area is 227 Å². The van der Waals surface area contributed by atoms with Gasteiger partial charge in [0.1, 0.15) is 12.4 Å². The summed E-state index contributed by atoms with van der Waals surface area (Å²) in [7, 11) is 2.96. The first-order valence-corrected chi connectivity index (χ1v) is 13.8. The molecule has 1 heterocycles. The molecule has 0 spiro atoms. The van der Waals surface area contributed by atoms with Gasteiger partial charge in [-0.2, -0.15) is 11.8 Å². The predicted molar refractivity (Wildman–Crippen MR) is 147 cm³/mol. The zero-order chi connectivity index (χ0) is 27.2. The molecule has 4 rings (SSSR count). The summed E-state index contributed by atoms with van der Waals surface area (Å²) in [6.45, 7) is 4.19. The Hall–Kier alpha value is -3.52. The predicted octanol–water partition coefficient (Wildman–Crippen LogP) is 5.14. The van der Waals surface area contributed by atoms with Crippen LogP contribution in [0.3, 0.4) is 0 Å². The summed E-state index contributed by atoms with van der Waals surface area (Å²) in [6, 6.07) is 14.6. The monoisotopic (exact) mass is 535 g/mol. The van der Waals surface area contributed by atoms with Gasteiger partial charge in [-0.25, -0.2) is 9.59 Å². The molecule has 0 saturated heterocycles. The van der Waals surface area contributed by atoms with Crippen molar-refractivity contribution in [2.75, 3.05) is 32.3 Å². The molecule has 1 N–H and O–H groups in total. The van der Waals surface area contributed by atoms with E-state index in [0.29, 0.717) is 41.0 Å². The highest BCUT2D eigenvalue weighted by atomic mass is 32.2. The first-order valence-electron chi connectivity index (χ1n) is 12.7. The zero-order valence-electron chi connectivity index (χ0n) is 22.2. The summed E-state index contributed by atoms with van der Waals surface area (Å²) in [5, 5.41) is 3.37. The number of Topliss-reactive ketones (excluding diaryl/α,β-unsaturated/α-hetero) is 1. The maximum absolute atomic E-state index is 13.8. The molecule has 0 saturated carbocycles. The normalized spacial score (nSPS) is 19.0. The summed E-state index contributed by atoms with van der Waals surface area (Å²) >= 11 is 1.69. The maximum atomic E-state index is 13.8. The lowest BCUT2D eigenvalue weighted by atomic mass is 9.71. The van der Waals surface area contributed by atoms with Crippen molar-refractivity contribution in [1.82, 2.24) is 5.32 Å². The lowest BCUT2D eigenvalue weighted by molar-refractivity contribution is -0.138. The summed E-state index contributed by atoms with van der Waals surface area (Å²) in [5.74, 6) is 0.810. The topological polar surface area (TPSA) is 90.9 Å². The van der Waals surface area contributed by atoms with E-state index in [1.54, 1.807) is 43.1 Å². The number of methoxy groups -OCH3 is 2. The van der Waals surface area contributed by atoms with Gasteiger partial charge in [0.2, 0.25) is 0 Å². The van der Waals surface area contributed by atoms with Crippen molar-refractivity contribution in [3.05, 3.63) is 87.8 Å². The number of hydrogen-bond acceptors (Lipinski definition) is 8. The van der Waals surface area contributed by atoms with Crippen LogP contribution in [0.25, 0.3) is 0 Å². The van der Waals surface area contributed by atoms with Gasteiger partial charge in [0.05, 0.1) is 25.4 Å². The third kappa shape index (κ3) is 5.65. The average molecular weight is 536 g/mol. The standard InChI is InChI=1S/C30H33NO6S/c1-5-38-15-14-37-30(34)26-18(2)31-23-16-21(22-8-6-7-9-25(22)35-3)17-24(32)28(23)27(26)19-10-12-20(13-11-19)29(33)36-4/h6-13,21,27,31H,5,14-17H2,1-4H3/t21-,27-/m0/s1. The van der Waals surface area contributed by atoms with Crippen molar-refractivity contribution in [2.45, 2.75) is 38.5 Å². The number of thioether (sulfide) groups is 1. The number of nitrogens with one attached hydrogen (secondary N) is 1. The number of dihydropyridines is 1. The molecule has 0 radical (unpaired) electrons. The number of allylic oxidation sites excluding steroid dienone is 3. The quantitative estimate of drug-likeness (QED) is 0.349. The fraction of sp³-hybridized carbons (Fsp3) is 0.367. The Balaban J connectivity index is 1.74. The third-order valence-corrected chi connectivity index (χ3v) is 7.82. The lowest BCUT2D eigenvalue weighted by Gasteiger charge is -2.37. The van der Waals surface area contributed by atoms with Crippen molar-refractivity contribution in [3.63, 3.8) is 0 Å². The van der Waals surface area contributed by atoms with Gasteiger partial charge in [-0.3, -0.25) is 4.79 Å². The Morgan fingerprint density at radius 1 is 1.03 bits per heavy atom. The molecule has 2 atom stereocenters. The van der Waals surface area contributed by atoms with Crippen LogP contribution in [0.15, 0.2) is 71.1 Å². The zero-order valence-corrected chi connectivity index (χ0v) is 23.0. The van der Waals surface area contributed by atoms with Crippen LogP contribution in [-0.2, 0) is 19.1 Å². The Morgan fingerprint density at radius 3 is 2.45 bits per heavy atom. The van der Waals surface area contributed by atoms with Gasteiger partial charge in [-0.1, -0.05) is 37.3 Å². The molecule has 200 valence electrons. The average Bonchev–Trinajstić information content (AvgIpc) is 2.94. The minimum Gasteiger partial charge on any atom is -0.496 e. The molecule has 38 heavy (non-hydrogen) atoms. The van der Waals surface area contributed by atoms with Gasteiger partial charge in [0.15, 0.2) is 5.78 Å². The Bertz CT molecular complexity index is 1280. The van der Waals surface area contributed by atoms with Crippen molar-refractivity contribution < 1.29 is 28.6 Å². The molecule has 0 aromatic heterocycles. The highest BCUT2D eigenvalue weighted by Gasteiger charge is 2.41. The second-order valence-corrected chi connectivity index (χ2v) is 10.6. The van der Waals surface area contributed by atoms with Crippen LogP contribution < -0.4 is 10.1 Å². The molecule has 8 heteroatoms. The number of rotatable bonds is 9. The van der Waals surface area contributed by atoms with E-state index in [9.17, 15) is 14.4 Å². The van der Waals surface area contributed by atoms with Gasteiger partial charge in [-0.15, -0.1) is 0 Å². The molecule has 0 bridgehead atoms. The summed E-state index contributed by atoms with van der Waals surface area (Å²) in [4.78, 5) is 39.2. The second kappa shape index (κ2) is 12.3. The molecule has 2 aliphatic rings. The number of carbonyl (C=O) groups is 3. The van der Waals surface area contributed by atoms with Crippen LogP contribution in [0.4, 0.5) is 0 Å². The third-order valence-electron chi connectivity index (χ3n) is 6.96. The van der Waals surface area contributed by atoms with E-state index >= 15 is 0 Å². The molecule has 0 fully saturated rings. The minimum atomic E-state index is -0.601. The maximum Gasteiger partial charge on any atom is 0.337 e. The van der Waals surface area contributed by atoms with E-state index in [2.05, 4.69) is 12.2 Å². The van der Waals surface area contributed by atoms with Crippen LogP contribution in [0.1, 0.15) is 60.0 Å². The van der Waals surface area contributed by atoms with Crippen LogP contribution in [0.5, 0.6) is 5.75 Å². The molecule has 7 nitrogen and oxygen atoms in total. The fourth-order valence-corrected chi connectivity index (χ4v) is 5.70. The highest BCUT2D eigenvalue weighted by molar-refractivity contribution is 7.99. The molecular weight excluding hydrogens is 502 g/mol. The molecule has 2 aromatic carbocycles. The first-order chi connectivity index (χ1) is 18.4. The van der Waals surface area contributed by atoms with Crippen molar-refractivity contribution in [3.8, 4) is 5.75 Å². The summed E-state index contributed by atoms with van der Waals surface area (Å²) < 4.78 is 16.0. The number of para-hydroxylation sites is 1. The number of ether oxygens (including phenoxy) is 3. The first kappa shape index (κ1) is 27.5. The number of ketones is 1. The van der Waals surface area contributed by atoms with Gasteiger partial charge < -0.3 is 19.5 Å². The van der Waals surface area contributed by atoms with Gasteiger partial charge in [-0.05, 0) is 48.4 Å². The smallest absolute Gasteiger partial charge is 0.337 e. The van der Waals surface area contributed by atoms with Gasteiger partial charge in [0.25, 0.3) is 0 Å². The number of benzene rings is 2. The number of carbonyl (C=O) groups excluding carboxylic acids is 3. The van der Waals surface area contributed by atoms with E-state index in [1.807, 2.05) is 31.2 Å². The van der Waals surface area contributed by atoms with Crippen molar-refractivity contribution >= 4 is 29.5 Å². The van der Waals surface area contributed by atoms with E-state index in [4.69, 9.17) is 14.2 Å². The highest BCUT2D eigenvalue weighted by Crippen LogP contribution is 2.46. The largest absolute Gasteiger partial charge is 0.496 e. The number of esters is 2. The molecule has 1 aliphatic carbocycles. The van der Waals surface area contributed by atoms with Crippen LogP contribution in [0, 0.1) is 0 Å². The van der Waals surface area contributed by atoms with Crippen LogP contribution >= 0.6 is 11.8 Å². The van der Waals surface area contributed by atoms with Crippen LogP contribution in [-0.4, -0.2) is 50.1 Å². The van der Waals surface area contributed by atoms with Crippen molar-refractivity contribution in [2.24, 2.45) is 0 Å². The molecule has 0 unspecified atom stereocenters. The molecule has 1 aliphatic heterocycles. The second-order valence-electron chi connectivity index (χ2n) is 9.21. The van der Waals surface area contributed by atoms with E-state index < -0.39 is 17.9 Å². The van der Waals surface area contributed by atoms with Gasteiger partial charge in [0, 0.05) is 41.0 Å². The number of hydrogen-bond donors (Lipinski definition) is 1.